The van der Waals surface area contributed by atoms with Gasteiger partial charge in [0.25, 0.3) is 0 Å². The lowest BCUT2D eigenvalue weighted by Crippen LogP contribution is -2.48. The fraction of sp³-hybridized carbons (Fsp3) is 1.00. The van der Waals surface area contributed by atoms with Crippen molar-refractivity contribution in [2.75, 3.05) is 39.3 Å². The van der Waals surface area contributed by atoms with Gasteiger partial charge in [-0.1, -0.05) is 34.1 Å². The molecule has 0 aromatic rings. The minimum atomic E-state index is 0.708. The van der Waals surface area contributed by atoms with Crippen LogP contribution in [0.1, 0.15) is 59.8 Å². The molecule has 1 atom stereocenters. The summed E-state index contributed by atoms with van der Waals surface area (Å²) in [4.78, 5) is 5.42. The molecule has 0 amide bonds. The number of hydrogen-bond donors (Lipinski definition) is 0. The minimum Gasteiger partial charge on any atom is -0.303 e. The quantitative estimate of drug-likeness (QED) is 0.754. The van der Waals surface area contributed by atoms with E-state index in [4.69, 9.17) is 0 Å². The predicted octanol–water partition coefficient (Wildman–Crippen LogP) is 3.87. The van der Waals surface area contributed by atoms with Crippen molar-refractivity contribution in [3.05, 3.63) is 0 Å². The third-order valence-corrected chi connectivity index (χ3v) is 5.72. The summed E-state index contributed by atoms with van der Waals surface area (Å²) in [5.74, 6) is 1.69. The number of hydrogen-bond acceptors (Lipinski definition) is 2. The average molecular weight is 280 g/mol. The van der Waals surface area contributed by atoms with Crippen LogP contribution in [0.4, 0.5) is 0 Å². The average Bonchev–Trinajstić information content (AvgIpc) is 2.44. The lowest BCUT2D eigenvalue weighted by Gasteiger charge is -2.47. The van der Waals surface area contributed by atoms with E-state index in [1.165, 1.54) is 71.4 Å². The van der Waals surface area contributed by atoms with E-state index in [-0.39, 0.29) is 0 Å². The van der Waals surface area contributed by atoms with Crippen LogP contribution in [0.5, 0.6) is 0 Å². The first kappa shape index (κ1) is 16.3. The van der Waals surface area contributed by atoms with E-state index in [1.807, 2.05) is 0 Å². The summed E-state index contributed by atoms with van der Waals surface area (Å²) in [7, 11) is 0. The van der Waals surface area contributed by atoms with Crippen LogP contribution in [0, 0.1) is 17.3 Å². The highest BCUT2D eigenvalue weighted by Crippen LogP contribution is 2.41. The number of piperidine rings is 2. The van der Waals surface area contributed by atoms with Crippen LogP contribution in [0.25, 0.3) is 0 Å². The summed E-state index contributed by atoms with van der Waals surface area (Å²) >= 11 is 0. The predicted molar refractivity (Wildman–Crippen MR) is 88.1 cm³/mol. The molecule has 2 heteroatoms. The van der Waals surface area contributed by atoms with E-state index in [0.717, 1.165) is 11.8 Å². The zero-order valence-electron chi connectivity index (χ0n) is 14.3. The second-order valence-electron chi connectivity index (χ2n) is 8.01. The molecule has 2 saturated heterocycles. The van der Waals surface area contributed by atoms with Gasteiger partial charge in [0.2, 0.25) is 0 Å². The van der Waals surface area contributed by atoms with Crippen molar-refractivity contribution in [3.8, 4) is 0 Å². The SMILES string of the molecule is CCC(C)CN1CCC2(CCN(CC(C)C)CC2)CC1. The maximum absolute atomic E-state index is 2.72. The lowest BCUT2D eigenvalue weighted by atomic mass is 9.71. The molecule has 0 aliphatic carbocycles. The van der Waals surface area contributed by atoms with E-state index >= 15 is 0 Å². The molecule has 2 aliphatic rings. The van der Waals surface area contributed by atoms with E-state index in [0.29, 0.717) is 5.41 Å². The Morgan fingerprint density at radius 3 is 1.65 bits per heavy atom. The number of rotatable bonds is 5. The molecule has 2 fully saturated rings. The molecule has 0 radical (unpaired) electrons. The molecule has 0 bridgehead atoms. The van der Waals surface area contributed by atoms with Gasteiger partial charge in [-0.2, -0.15) is 0 Å². The van der Waals surface area contributed by atoms with Crippen molar-refractivity contribution < 1.29 is 0 Å². The van der Waals surface area contributed by atoms with Gasteiger partial charge in [-0.05, 0) is 69.1 Å². The minimum absolute atomic E-state index is 0.708. The van der Waals surface area contributed by atoms with Crippen molar-refractivity contribution in [1.82, 2.24) is 9.80 Å². The zero-order valence-corrected chi connectivity index (χ0v) is 14.3. The lowest BCUT2D eigenvalue weighted by molar-refractivity contribution is 0.0275. The van der Waals surface area contributed by atoms with Crippen molar-refractivity contribution in [2.45, 2.75) is 59.8 Å². The number of nitrogens with zero attached hydrogens (tertiary/aromatic N) is 2. The third-order valence-electron chi connectivity index (χ3n) is 5.72. The highest BCUT2D eigenvalue weighted by atomic mass is 15.2. The first-order valence-corrected chi connectivity index (χ1v) is 8.98. The van der Waals surface area contributed by atoms with E-state index in [9.17, 15) is 0 Å². The Morgan fingerprint density at radius 1 is 0.800 bits per heavy atom. The Kier molecular flexibility index (Phi) is 5.92. The molecule has 1 unspecified atom stereocenters. The summed E-state index contributed by atoms with van der Waals surface area (Å²) in [5, 5.41) is 0. The second kappa shape index (κ2) is 7.26. The molecule has 1 spiro atoms. The van der Waals surface area contributed by atoms with Gasteiger partial charge >= 0.3 is 0 Å². The smallest absolute Gasteiger partial charge is 0.000692 e. The Balaban J connectivity index is 1.73. The Morgan fingerprint density at radius 2 is 1.25 bits per heavy atom. The summed E-state index contributed by atoms with van der Waals surface area (Å²) in [6.45, 7) is 17.4. The van der Waals surface area contributed by atoms with Crippen LogP contribution in [0.3, 0.4) is 0 Å². The second-order valence-corrected chi connectivity index (χ2v) is 8.01. The number of likely N-dealkylation sites (tertiary alicyclic amines) is 2. The van der Waals surface area contributed by atoms with Gasteiger partial charge in [-0.15, -0.1) is 0 Å². The molecule has 2 aliphatic heterocycles. The molecule has 0 aromatic carbocycles. The van der Waals surface area contributed by atoms with Gasteiger partial charge in [0.05, 0.1) is 0 Å². The highest BCUT2D eigenvalue weighted by molar-refractivity contribution is 4.90. The molecule has 20 heavy (non-hydrogen) atoms. The first-order chi connectivity index (χ1) is 9.53. The van der Waals surface area contributed by atoms with E-state index < -0.39 is 0 Å². The van der Waals surface area contributed by atoms with Gasteiger partial charge in [0.15, 0.2) is 0 Å². The molecule has 118 valence electrons. The molecular formula is C18H36N2. The summed E-state index contributed by atoms with van der Waals surface area (Å²) < 4.78 is 0. The Labute approximate surface area is 126 Å². The van der Waals surface area contributed by atoms with Gasteiger partial charge in [0.1, 0.15) is 0 Å². The van der Waals surface area contributed by atoms with Gasteiger partial charge < -0.3 is 9.80 Å². The van der Waals surface area contributed by atoms with Gasteiger partial charge in [-0.3, -0.25) is 0 Å². The van der Waals surface area contributed by atoms with Crippen molar-refractivity contribution in [3.63, 3.8) is 0 Å². The standard InChI is InChI=1S/C18H36N2/c1-5-17(4)15-20-12-8-18(9-13-20)6-10-19(11-7-18)14-16(2)3/h16-17H,5-15H2,1-4H3. The molecule has 2 rings (SSSR count). The van der Waals surface area contributed by atoms with Crippen molar-refractivity contribution >= 4 is 0 Å². The topological polar surface area (TPSA) is 6.48 Å². The highest BCUT2D eigenvalue weighted by Gasteiger charge is 2.37. The maximum Gasteiger partial charge on any atom is 0.000692 e. The van der Waals surface area contributed by atoms with Crippen molar-refractivity contribution in [1.29, 1.82) is 0 Å². The van der Waals surface area contributed by atoms with Gasteiger partial charge in [-0.25, -0.2) is 0 Å². The van der Waals surface area contributed by atoms with Gasteiger partial charge in [0, 0.05) is 13.1 Å². The molecule has 2 heterocycles. The van der Waals surface area contributed by atoms with Crippen LogP contribution in [-0.2, 0) is 0 Å². The summed E-state index contributed by atoms with van der Waals surface area (Å²) in [6.07, 6.45) is 7.15. The molecule has 0 aromatic heterocycles. The Hall–Kier alpha value is -0.0800. The van der Waals surface area contributed by atoms with Crippen LogP contribution >= 0.6 is 0 Å². The summed E-state index contributed by atoms with van der Waals surface area (Å²) in [5.41, 5.74) is 0.708. The molecule has 0 N–H and O–H groups in total. The summed E-state index contributed by atoms with van der Waals surface area (Å²) in [6, 6.07) is 0. The fourth-order valence-corrected chi connectivity index (χ4v) is 4.01. The van der Waals surface area contributed by atoms with Crippen LogP contribution in [0.15, 0.2) is 0 Å². The molecular weight excluding hydrogens is 244 g/mol. The largest absolute Gasteiger partial charge is 0.303 e. The van der Waals surface area contributed by atoms with Crippen LogP contribution < -0.4 is 0 Å². The molecule has 0 saturated carbocycles. The normalized spacial score (nSPS) is 26.2. The van der Waals surface area contributed by atoms with E-state index in [1.54, 1.807) is 0 Å². The Bertz CT molecular complexity index is 269. The third kappa shape index (κ3) is 4.46. The molecule has 2 nitrogen and oxygen atoms in total. The first-order valence-electron chi connectivity index (χ1n) is 8.98. The van der Waals surface area contributed by atoms with Crippen molar-refractivity contribution in [2.24, 2.45) is 17.3 Å². The van der Waals surface area contributed by atoms with Crippen LogP contribution in [-0.4, -0.2) is 49.1 Å². The van der Waals surface area contributed by atoms with Crippen LogP contribution in [0.2, 0.25) is 0 Å². The van der Waals surface area contributed by atoms with E-state index in [2.05, 4.69) is 37.5 Å². The maximum atomic E-state index is 2.72. The zero-order chi connectivity index (χ0) is 14.6. The monoisotopic (exact) mass is 280 g/mol. The fourth-order valence-electron chi connectivity index (χ4n) is 4.01.